The molecule has 2 fully saturated rings. The standard InChI is InChI=1S/C21H31N3O4/c1-21(2,15-7-8-17(27-3)18(12-15)28-4)20(26)23-10-5-6-16(14-23)24-11-9-22-13-19(24)25/h7-8,12,16,22H,5-6,9-11,13-14H2,1-4H3. The monoisotopic (exact) mass is 389 g/mol. The first-order valence-electron chi connectivity index (χ1n) is 9.90. The van der Waals surface area contributed by atoms with Crippen molar-refractivity contribution in [2.75, 3.05) is 46.9 Å². The Labute approximate surface area is 167 Å². The molecular weight excluding hydrogens is 358 g/mol. The molecule has 2 heterocycles. The summed E-state index contributed by atoms with van der Waals surface area (Å²) in [7, 11) is 3.19. The minimum Gasteiger partial charge on any atom is -0.493 e. The number of nitrogens with zero attached hydrogens (tertiary/aromatic N) is 2. The van der Waals surface area contributed by atoms with Gasteiger partial charge in [-0.1, -0.05) is 6.07 Å². The van der Waals surface area contributed by atoms with Crippen LogP contribution in [0.15, 0.2) is 18.2 Å². The van der Waals surface area contributed by atoms with E-state index in [1.54, 1.807) is 14.2 Å². The van der Waals surface area contributed by atoms with Crippen LogP contribution < -0.4 is 14.8 Å². The molecule has 2 amide bonds. The van der Waals surface area contributed by atoms with E-state index in [2.05, 4.69) is 5.32 Å². The predicted octanol–water partition coefficient (Wildman–Crippen LogP) is 1.40. The van der Waals surface area contributed by atoms with Crippen LogP contribution in [0.4, 0.5) is 0 Å². The van der Waals surface area contributed by atoms with Gasteiger partial charge in [0.25, 0.3) is 0 Å². The van der Waals surface area contributed by atoms with Crippen molar-refractivity contribution in [2.24, 2.45) is 0 Å². The highest BCUT2D eigenvalue weighted by atomic mass is 16.5. The molecular formula is C21H31N3O4. The average Bonchev–Trinajstić information content (AvgIpc) is 2.73. The molecule has 0 aromatic heterocycles. The lowest BCUT2D eigenvalue weighted by atomic mass is 9.82. The molecule has 0 saturated carbocycles. The first-order chi connectivity index (χ1) is 13.4. The first kappa shape index (κ1) is 20.5. The number of rotatable bonds is 5. The van der Waals surface area contributed by atoms with Gasteiger partial charge in [0.05, 0.1) is 26.2 Å². The maximum absolute atomic E-state index is 13.4. The molecule has 154 valence electrons. The van der Waals surface area contributed by atoms with Gasteiger partial charge in [-0.15, -0.1) is 0 Å². The molecule has 1 N–H and O–H groups in total. The Bertz CT molecular complexity index is 734. The van der Waals surface area contributed by atoms with Crippen LogP contribution in [0.3, 0.4) is 0 Å². The smallest absolute Gasteiger partial charge is 0.236 e. The van der Waals surface area contributed by atoms with Gasteiger partial charge in [-0.2, -0.15) is 0 Å². The summed E-state index contributed by atoms with van der Waals surface area (Å²) in [6.45, 7) is 7.12. The minimum atomic E-state index is -0.699. The van der Waals surface area contributed by atoms with Crippen LogP contribution >= 0.6 is 0 Å². The maximum Gasteiger partial charge on any atom is 0.236 e. The van der Waals surface area contributed by atoms with Gasteiger partial charge >= 0.3 is 0 Å². The highest BCUT2D eigenvalue weighted by molar-refractivity contribution is 5.88. The Morgan fingerprint density at radius 1 is 1.18 bits per heavy atom. The predicted molar refractivity (Wildman–Crippen MR) is 107 cm³/mol. The molecule has 0 bridgehead atoms. The Hall–Kier alpha value is -2.28. The van der Waals surface area contributed by atoms with Crippen LogP contribution in [0.2, 0.25) is 0 Å². The van der Waals surface area contributed by atoms with Crippen molar-refractivity contribution in [3.8, 4) is 11.5 Å². The number of hydrogen-bond donors (Lipinski definition) is 1. The normalized spacial score (nSPS) is 20.9. The van der Waals surface area contributed by atoms with Gasteiger partial charge in [0.15, 0.2) is 11.5 Å². The summed E-state index contributed by atoms with van der Waals surface area (Å²) >= 11 is 0. The molecule has 28 heavy (non-hydrogen) atoms. The number of amides is 2. The van der Waals surface area contributed by atoms with Crippen molar-refractivity contribution in [1.82, 2.24) is 15.1 Å². The number of hydrogen-bond acceptors (Lipinski definition) is 5. The molecule has 2 aliphatic rings. The topological polar surface area (TPSA) is 71.1 Å². The largest absolute Gasteiger partial charge is 0.493 e. The number of nitrogens with one attached hydrogen (secondary N) is 1. The molecule has 0 radical (unpaired) electrons. The van der Waals surface area contributed by atoms with Crippen molar-refractivity contribution < 1.29 is 19.1 Å². The summed E-state index contributed by atoms with van der Waals surface area (Å²) in [5.41, 5.74) is 0.185. The van der Waals surface area contributed by atoms with Crippen LogP contribution in [-0.4, -0.2) is 74.6 Å². The van der Waals surface area contributed by atoms with E-state index in [-0.39, 0.29) is 17.9 Å². The summed E-state index contributed by atoms with van der Waals surface area (Å²) < 4.78 is 10.7. The second kappa shape index (κ2) is 8.39. The van der Waals surface area contributed by atoms with Crippen molar-refractivity contribution in [1.29, 1.82) is 0 Å². The molecule has 0 aliphatic carbocycles. The van der Waals surface area contributed by atoms with Gasteiger partial charge in [0.1, 0.15) is 0 Å². The number of piperazine rings is 1. The SMILES string of the molecule is COc1ccc(C(C)(C)C(=O)N2CCCC(N3CCNCC3=O)C2)cc1OC. The number of carbonyl (C=O) groups excluding carboxylic acids is 2. The Morgan fingerprint density at radius 2 is 1.93 bits per heavy atom. The molecule has 0 spiro atoms. The molecule has 1 aromatic rings. The third kappa shape index (κ3) is 3.94. The summed E-state index contributed by atoms with van der Waals surface area (Å²) in [6.07, 6.45) is 1.86. The Kier molecular flexibility index (Phi) is 6.13. The van der Waals surface area contributed by atoms with Gasteiger partial charge in [-0.25, -0.2) is 0 Å². The number of piperidine rings is 1. The lowest BCUT2D eigenvalue weighted by molar-refractivity contribution is -0.143. The molecule has 7 heteroatoms. The molecule has 3 rings (SSSR count). The zero-order valence-corrected chi connectivity index (χ0v) is 17.3. The highest BCUT2D eigenvalue weighted by Crippen LogP contribution is 2.35. The summed E-state index contributed by atoms with van der Waals surface area (Å²) in [6, 6.07) is 5.73. The van der Waals surface area contributed by atoms with E-state index in [1.807, 2.05) is 41.8 Å². The zero-order chi connectivity index (χ0) is 20.3. The van der Waals surface area contributed by atoms with Crippen molar-refractivity contribution in [3.63, 3.8) is 0 Å². The molecule has 2 saturated heterocycles. The summed E-state index contributed by atoms with van der Waals surface area (Å²) in [5.74, 6) is 1.46. The third-order valence-electron chi connectivity index (χ3n) is 5.89. The minimum absolute atomic E-state index is 0.0759. The fraction of sp³-hybridized carbons (Fsp3) is 0.619. The van der Waals surface area contributed by atoms with E-state index in [4.69, 9.17) is 9.47 Å². The number of likely N-dealkylation sites (tertiary alicyclic amines) is 1. The zero-order valence-electron chi connectivity index (χ0n) is 17.3. The van der Waals surface area contributed by atoms with E-state index < -0.39 is 5.41 Å². The molecule has 1 atom stereocenters. The molecule has 2 aliphatic heterocycles. The molecule has 1 unspecified atom stereocenters. The van der Waals surface area contributed by atoms with Crippen LogP contribution in [0.5, 0.6) is 11.5 Å². The van der Waals surface area contributed by atoms with E-state index in [0.717, 1.165) is 31.5 Å². The Morgan fingerprint density at radius 3 is 2.61 bits per heavy atom. The van der Waals surface area contributed by atoms with Crippen molar-refractivity contribution in [2.45, 2.75) is 38.1 Å². The number of carbonyl (C=O) groups is 2. The lowest BCUT2D eigenvalue weighted by Gasteiger charge is -2.43. The van der Waals surface area contributed by atoms with Gasteiger partial charge in [-0.05, 0) is 44.4 Å². The summed E-state index contributed by atoms with van der Waals surface area (Å²) in [5, 5.41) is 3.11. The van der Waals surface area contributed by atoms with Gasteiger partial charge in [0, 0.05) is 32.2 Å². The first-order valence-corrected chi connectivity index (χ1v) is 9.90. The fourth-order valence-corrected chi connectivity index (χ4v) is 4.14. The van der Waals surface area contributed by atoms with E-state index in [1.165, 1.54) is 0 Å². The number of ether oxygens (including phenoxy) is 2. The number of methoxy groups -OCH3 is 2. The van der Waals surface area contributed by atoms with Crippen molar-refractivity contribution in [3.05, 3.63) is 23.8 Å². The molecule has 1 aromatic carbocycles. The molecule has 7 nitrogen and oxygen atoms in total. The van der Waals surface area contributed by atoms with Gasteiger partial charge < -0.3 is 24.6 Å². The quantitative estimate of drug-likeness (QED) is 0.824. The van der Waals surface area contributed by atoms with Crippen molar-refractivity contribution >= 4 is 11.8 Å². The van der Waals surface area contributed by atoms with E-state index >= 15 is 0 Å². The van der Waals surface area contributed by atoms with E-state index in [9.17, 15) is 9.59 Å². The maximum atomic E-state index is 13.4. The second-order valence-corrected chi connectivity index (χ2v) is 8.01. The van der Waals surface area contributed by atoms with E-state index in [0.29, 0.717) is 31.1 Å². The van der Waals surface area contributed by atoms with Crippen LogP contribution in [0.25, 0.3) is 0 Å². The summed E-state index contributed by atoms with van der Waals surface area (Å²) in [4.78, 5) is 29.5. The van der Waals surface area contributed by atoms with Gasteiger partial charge in [-0.3, -0.25) is 9.59 Å². The van der Waals surface area contributed by atoms with Crippen LogP contribution in [0, 0.1) is 0 Å². The van der Waals surface area contributed by atoms with Crippen LogP contribution in [-0.2, 0) is 15.0 Å². The lowest BCUT2D eigenvalue weighted by Crippen LogP contribution is -2.58. The third-order valence-corrected chi connectivity index (χ3v) is 5.89. The van der Waals surface area contributed by atoms with Crippen LogP contribution in [0.1, 0.15) is 32.3 Å². The Balaban J connectivity index is 1.77. The average molecular weight is 389 g/mol. The number of benzene rings is 1. The fourth-order valence-electron chi connectivity index (χ4n) is 4.14. The second-order valence-electron chi connectivity index (χ2n) is 8.01. The highest BCUT2D eigenvalue weighted by Gasteiger charge is 2.38. The van der Waals surface area contributed by atoms with Gasteiger partial charge in [0.2, 0.25) is 11.8 Å².